The molecule has 4 rings (SSSR count). The molecule has 2 aromatic carbocycles. The summed E-state index contributed by atoms with van der Waals surface area (Å²) in [6, 6.07) is 16.3. The molecule has 2 heterocycles. The second-order valence-electron chi connectivity index (χ2n) is 6.48. The van der Waals surface area contributed by atoms with Crippen molar-refractivity contribution in [3.05, 3.63) is 65.0 Å². The van der Waals surface area contributed by atoms with Crippen LogP contribution in [0.1, 0.15) is 24.7 Å². The van der Waals surface area contributed by atoms with Crippen LogP contribution < -0.4 is 0 Å². The Labute approximate surface area is 166 Å². The van der Waals surface area contributed by atoms with E-state index in [4.69, 9.17) is 4.52 Å². The first kappa shape index (κ1) is 18.3. The van der Waals surface area contributed by atoms with E-state index < -0.39 is 10.0 Å². The average Bonchev–Trinajstić information content (AvgIpc) is 3.19. The molecule has 1 aromatic heterocycles. The zero-order valence-electron chi connectivity index (χ0n) is 14.5. The summed E-state index contributed by atoms with van der Waals surface area (Å²) in [4.78, 5) is 4.79. The number of hydrogen-bond donors (Lipinski definition) is 0. The van der Waals surface area contributed by atoms with Gasteiger partial charge < -0.3 is 4.52 Å². The van der Waals surface area contributed by atoms with E-state index in [1.807, 2.05) is 30.3 Å². The molecule has 140 valence electrons. The van der Waals surface area contributed by atoms with Gasteiger partial charge in [0.2, 0.25) is 21.7 Å². The molecule has 1 saturated heterocycles. The van der Waals surface area contributed by atoms with Crippen LogP contribution in [0.4, 0.5) is 0 Å². The molecule has 6 nitrogen and oxygen atoms in total. The van der Waals surface area contributed by atoms with Crippen LogP contribution in [0.2, 0.25) is 0 Å². The summed E-state index contributed by atoms with van der Waals surface area (Å²) in [5.74, 6) is 0.914. The average molecular weight is 448 g/mol. The fraction of sp³-hybridized carbons (Fsp3) is 0.263. The number of sulfonamides is 1. The Hall–Kier alpha value is -2.03. The fourth-order valence-electron chi connectivity index (χ4n) is 3.22. The van der Waals surface area contributed by atoms with E-state index in [-0.39, 0.29) is 5.92 Å². The Morgan fingerprint density at radius 2 is 1.81 bits per heavy atom. The van der Waals surface area contributed by atoms with Gasteiger partial charge in [-0.2, -0.15) is 9.29 Å². The van der Waals surface area contributed by atoms with Crippen molar-refractivity contribution in [2.24, 2.45) is 0 Å². The minimum absolute atomic E-state index is 0.103. The van der Waals surface area contributed by atoms with E-state index in [1.165, 1.54) is 4.31 Å². The number of nitrogens with zero attached hydrogens (tertiary/aromatic N) is 3. The third-order valence-electron chi connectivity index (χ3n) is 4.66. The molecule has 0 unspecified atom stereocenters. The maximum Gasteiger partial charge on any atom is 0.243 e. The van der Waals surface area contributed by atoms with Gasteiger partial charge in [0.05, 0.1) is 10.8 Å². The van der Waals surface area contributed by atoms with Crippen molar-refractivity contribution < 1.29 is 12.9 Å². The second-order valence-corrected chi connectivity index (χ2v) is 9.33. The summed E-state index contributed by atoms with van der Waals surface area (Å²) in [6.07, 6.45) is 1.58. The molecule has 1 atom stereocenters. The van der Waals surface area contributed by atoms with Gasteiger partial charge in [0.25, 0.3) is 0 Å². The maximum absolute atomic E-state index is 12.9. The summed E-state index contributed by atoms with van der Waals surface area (Å²) in [5, 5.41) is 4.06. The van der Waals surface area contributed by atoms with E-state index >= 15 is 0 Å². The molecule has 3 aromatic rings. The Kier molecular flexibility index (Phi) is 5.12. The molecule has 0 spiro atoms. The Morgan fingerprint density at radius 1 is 1.07 bits per heavy atom. The number of hydrogen-bond acceptors (Lipinski definition) is 5. The fourth-order valence-corrected chi connectivity index (χ4v) is 5.01. The summed E-state index contributed by atoms with van der Waals surface area (Å²) < 4.78 is 33.7. The smallest absolute Gasteiger partial charge is 0.243 e. The Morgan fingerprint density at radius 3 is 2.56 bits per heavy atom. The van der Waals surface area contributed by atoms with Gasteiger partial charge in [-0.05, 0) is 37.1 Å². The lowest BCUT2D eigenvalue weighted by Gasteiger charge is -2.30. The third kappa shape index (κ3) is 3.83. The normalized spacial score (nSPS) is 18.5. The van der Waals surface area contributed by atoms with E-state index in [2.05, 4.69) is 26.1 Å². The molecule has 0 radical (unpaired) electrons. The highest BCUT2D eigenvalue weighted by atomic mass is 79.9. The number of rotatable bonds is 4. The van der Waals surface area contributed by atoms with Gasteiger partial charge in [-0.25, -0.2) is 8.42 Å². The minimum atomic E-state index is -3.54. The monoisotopic (exact) mass is 447 g/mol. The van der Waals surface area contributed by atoms with Crippen LogP contribution in [-0.2, 0) is 10.0 Å². The molecular formula is C19H18BrN3O3S. The van der Waals surface area contributed by atoms with Crippen LogP contribution in [0.3, 0.4) is 0 Å². The molecule has 1 aliphatic rings. The predicted octanol–water partition coefficient (Wildman–Crippen LogP) is 4.07. The van der Waals surface area contributed by atoms with E-state index in [0.29, 0.717) is 29.7 Å². The lowest BCUT2D eigenvalue weighted by atomic mass is 10.00. The Balaban J connectivity index is 1.55. The van der Waals surface area contributed by atoms with Crippen LogP contribution in [-0.4, -0.2) is 36.0 Å². The first-order chi connectivity index (χ1) is 13.0. The third-order valence-corrected chi connectivity index (χ3v) is 7.07. The summed E-state index contributed by atoms with van der Waals surface area (Å²) in [7, 11) is -3.54. The van der Waals surface area contributed by atoms with Gasteiger partial charge in [0.1, 0.15) is 0 Å². The molecule has 0 N–H and O–H groups in total. The molecule has 1 fully saturated rings. The lowest BCUT2D eigenvalue weighted by Crippen LogP contribution is -2.39. The summed E-state index contributed by atoms with van der Waals surface area (Å²) in [6.45, 7) is 0.837. The first-order valence-corrected chi connectivity index (χ1v) is 10.9. The van der Waals surface area contributed by atoms with Crippen LogP contribution in [0, 0.1) is 0 Å². The SMILES string of the molecule is O=S(=O)(c1ccc(Br)cc1)N1CCC[C@H](c2nc(-c3ccccc3)no2)C1. The van der Waals surface area contributed by atoms with Crippen molar-refractivity contribution >= 4 is 26.0 Å². The van der Waals surface area contributed by atoms with E-state index in [1.54, 1.807) is 24.3 Å². The van der Waals surface area contributed by atoms with Crippen LogP contribution >= 0.6 is 15.9 Å². The van der Waals surface area contributed by atoms with Crippen LogP contribution in [0.5, 0.6) is 0 Å². The number of aromatic nitrogens is 2. The highest BCUT2D eigenvalue weighted by molar-refractivity contribution is 9.10. The molecule has 0 amide bonds. The van der Waals surface area contributed by atoms with Gasteiger partial charge in [-0.15, -0.1) is 0 Å². The standard InChI is InChI=1S/C19H18BrN3O3S/c20-16-8-10-17(11-9-16)27(24,25)23-12-4-7-15(13-23)19-21-18(22-26-19)14-5-2-1-3-6-14/h1-3,5-6,8-11,15H,4,7,12-13H2/t15-/m0/s1. The van der Waals surface area contributed by atoms with Gasteiger partial charge >= 0.3 is 0 Å². The highest BCUT2D eigenvalue weighted by Gasteiger charge is 2.33. The number of piperidine rings is 1. The minimum Gasteiger partial charge on any atom is -0.339 e. The number of benzene rings is 2. The molecule has 27 heavy (non-hydrogen) atoms. The summed E-state index contributed by atoms with van der Waals surface area (Å²) >= 11 is 3.33. The quantitative estimate of drug-likeness (QED) is 0.602. The molecule has 0 bridgehead atoms. The van der Waals surface area contributed by atoms with Gasteiger partial charge in [-0.3, -0.25) is 0 Å². The molecule has 0 saturated carbocycles. The Bertz CT molecular complexity index is 1020. The number of halogens is 1. The van der Waals surface area contributed by atoms with Crippen molar-refractivity contribution in [3.63, 3.8) is 0 Å². The molecule has 0 aliphatic carbocycles. The van der Waals surface area contributed by atoms with Crippen molar-refractivity contribution in [1.82, 2.24) is 14.4 Å². The largest absolute Gasteiger partial charge is 0.339 e. The van der Waals surface area contributed by atoms with Gasteiger partial charge in [-0.1, -0.05) is 51.4 Å². The lowest BCUT2D eigenvalue weighted by molar-refractivity contribution is 0.265. The topological polar surface area (TPSA) is 76.3 Å². The highest BCUT2D eigenvalue weighted by Crippen LogP contribution is 2.30. The molecular weight excluding hydrogens is 430 g/mol. The van der Waals surface area contributed by atoms with Crippen molar-refractivity contribution in [1.29, 1.82) is 0 Å². The van der Waals surface area contributed by atoms with E-state index in [9.17, 15) is 8.42 Å². The van der Waals surface area contributed by atoms with Crippen molar-refractivity contribution in [2.45, 2.75) is 23.7 Å². The van der Waals surface area contributed by atoms with E-state index in [0.717, 1.165) is 22.9 Å². The van der Waals surface area contributed by atoms with Crippen molar-refractivity contribution in [3.8, 4) is 11.4 Å². The summed E-state index contributed by atoms with van der Waals surface area (Å²) in [5.41, 5.74) is 0.877. The van der Waals surface area contributed by atoms with Crippen LogP contribution in [0.15, 0.2) is 68.5 Å². The van der Waals surface area contributed by atoms with Crippen LogP contribution in [0.25, 0.3) is 11.4 Å². The second kappa shape index (κ2) is 7.53. The predicted molar refractivity (Wildman–Crippen MR) is 105 cm³/mol. The molecule has 8 heteroatoms. The first-order valence-electron chi connectivity index (χ1n) is 8.69. The van der Waals surface area contributed by atoms with Crippen molar-refractivity contribution in [2.75, 3.05) is 13.1 Å². The zero-order chi connectivity index (χ0) is 18.9. The zero-order valence-corrected chi connectivity index (χ0v) is 16.9. The van der Waals surface area contributed by atoms with Gasteiger partial charge in [0, 0.05) is 23.1 Å². The maximum atomic E-state index is 12.9. The van der Waals surface area contributed by atoms with Gasteiger partial charge in [0.15, 0.2) is 0 Å². The molecule has 1 aliphatic heterocycles.